The van der Waals surface area contributed by atoms with Crippen molar-refractivity contribution in [3.8, 4) is 5.75 Å². The molecule has 2 atom stereocenters. The van der Waals surface area contributed by atoms with Crippen molar-refractivity contribution >= 4 is 10.9 Å². The minimum Gasteiger partial charge on any atom is -0.497 e. The summed E-state index contributed by atoms with van der Waals surface area (Å²) < 4.78 is 5.35. The summed E-state index contributed by atoms with van der Waals surface area (Å²) in [5.41, 5.74) is 2.82. The number of aryl methyl sites for hydroxylation is 1. The zero-order valence-electron chi connectivity index (χ0n) is 12.5. The maximum absolute atomic E-state index is 5.35. The lowest BCUT2D eigenvalue weighted by molar-refractivity contribution is 0.241. The molecule has 2 bridgehead atoms. The fraction of sp³-hybridized carbons (Fsp3) is 0.444. The molecule has 3 heterocycles. The summed E-state index contributed by atoms with van der Waals surface area (Å²) in [5.74, 6) is 1.70. The first-order valence-electron chi connectivity index (χ1n) is 7.86. The SMILES string of the molecule is COc1ccc2[nH]cc(CCC34C=CC(CC3)CN4)c2c1. The quantitative estimate of drug-likeness (QED) is 0.843. The van der Waals surface area contributed by atoms with Crippen LogP contribution in [-0.2, 0) is 6.42 Å². The van der Waals surface area contributed by atoms with Gasteiger partial charge in [-0.15, -0.1) is 0 Å². The third-order valence-electron chi connectivity index (χ3n) is 5.18. The summed E-state index contributed by atoms with van der Waals surface area (Å²) in [7, 11) is 1.72. The second-order valence-corrected chi connectivity index (χ2v) is 6.42. The van der Waals surface area contributed by atoms with Gasteiger partial charge in [-0.3, -0.25) is 0 Å². The Bertz CT molecular complexity index is 678. The summed E-state index contributed by atoms with van der Waals surface area (Å²) in [6, 6.07) is 6.24. The number of piperidine rings is 1. The number of fused-ring (bicyclic) bond motifs is 3. The van der Waals surface area contributed by atoms with Gasteiger partial charge in [-0.2, -0.15) is 0 Å². The van der Waals surface area contributed by atoms with Crippen LogP contribution in [0.5, 0.6) is 5.75 Å². The van der Waals surface area contributed by atoms with Crippen molar-refractivity contribution in [3.05, 3.63) is 42.1 Å². The van der Waals surface area contributed by atoms with Crippen molar-refractivity contribution < 1.29 is 4.74 Å². The largest absolute Gasteiger partial charge is 0.497 e. The Kier molecular flexibility index (Phi) is 3.03. The smallest absolute Gasteiger partial charge is 0.119 e. The van der Waals surface area contributed by atoms with Crippen LogP contribution in [-0.4, -0.2) is 24.2 Å². The van der Waals surface area contributed by atoms with Gasteiger partial charge in [-0.25, -0.2) is 0 Å². The van der Waals surface area contributed by atoms with Gasteiger partial charge in [0.25, 0.3) is 0 Å². The van der Waals surface area contributed by atoms with Crippen LogP contribution in [0, 0.1) is 5.92 Å². The Morgan fingerprint density at radius 3 is 3.05 bits per heavy atom. The van der Waals surface area contributed by atoms with Crippen LogP contribution in [0.2, 0.25) is 0 Å². The lowest BCUT2D eigenvalue weighted by Crippen LogP contribution is -2.52. The zero-order chi connectivity index (χ0) is 14.3. The van der Waals surface area contributed by atoms with Crippen LogP contribution < -0.4 is 10.1 Å². The van der Waals surface area contributed by atoms with Crippen molar-refractivity contribution in [2.45, 2.75) is 31.2 Å². The number of methoxy groups -OCH3 is 1. The minimum absolute atomic E-state index is 0.233. The van der Waals surface area contributed by atoms with Crippen LogP contribution in [0.4, 0.5) is 0 Å². The maximum Gasteiger partial charge on any atom is 0.119 e. The molecular formula is C18H22N2O. The van der Waals surface area contributed by atoms with E-state index < -0.39 is 0 Å². The number of aromatic amines is 1. The van der Waals surface area contributed by atoms with Gasteiger partial charge in [0.15, 0.2) is 0 Å². The molecule has 1 fully saturated rings. The van der Waals surface area contributed by atoms with Crippen molar-refractivity contribution in [3.63, 3.8) is 0 Å². The predicted molar refractivity (Wildman–Crippen MR) is 85.8 cm³/mol. The highest BCUT2D eigenvalue weighted by Crippen LogP contribution is 2.35. The van der Waals surface area contributed by atoms with E-state index in [1.807, 2.05) is 6.07 Å². The van der Waals surface area contributed by atoms with E-state index in [0.717, 1.165) is 24.6 Å². The first-order chi connectivity index (χ1) is 10.3. The Hall–Kier alpha value is -1.74. The molecule has 0 saturated carbocycles. The molecule has 5 rings (SSSR count). The minimum atomic E-state index is 0.233. The monoisotopic (exact) mass is 282 g/mol. The average Bonchev–Trinajstić information content (AvgIpc) is 2.97. The number of rotatable bonds is 4. The third-order valence-corrected chi connectivity index (χ3v) is 5.18. The van der Waals surface area contributed by atoms with Gasteiger partial charge in [-0.05, 0) is 55.4 Å². The second-order valence-electron chi connectivity index (χ2n) is 6.42. The van der Waals surface area contributed by atoms with Gasteiger partial charge in [0.05, 0.1) is 7.11 Å². The molecule has 1 aromatic carbocycles. The highest BCUT2D eigenvalue weighted by atomic mass is 16.5. The molecule has 0 amide bonds. The first kappa shape index (κ1) is 13.0. The van der Waals surface area contributed by atoms with E-state index in [-0.39, 0.29) is 5.54 Å². The number of H-pyrrole nitrogens is 1. The predicted octanol–water partition coefficient (Wildman–Crippen LogP) is 3.42. The molecule has 2 aliphatic heterocycles. The molecule has 3 heteroatoms. The summed E-state index contributed by atoms with van der Waals surface area (Å²) in [4.78, 5) is 3.37. The summed E-state index contributed by atoms with van der Waals surface area (Å²) in [6.45, 7) is 1.15. The Balaban J connectivity index is 1.57. The van der Waals surface area contributed by atoms with Gasteiger partial charge >= 0.3 is 0 Å². The van der Waals surface area contributed by atoms with Gasteiger partial charge in [-0.1, -0.05) is 12.2 Å². The molecule has 3 nitrogen and oxygen atoms in total. The molecule has 2 unspecified atom stereocenters. The highest BCUT2D eigenvalue weighted by molar-refractivity contribution is 5.84. The molecule has 1 aromatic heterocycles. The molecule has 0 radical (unpaired) electrons. The van der Waals surface area contributed by atoms with Gasteiger partial charge < -0.3 is 15.0 Å². The summed E-state index contributed by atoms with van der Waals surface area (Å²) >= 11 is 0. The van der Waals surface area contributed by atoms with Crippen LogP contribution >= 0.6 is 0 Å². The molecule has 2 N–H and O–H groups in total. The summed E-state index contributed by atoms with van der Waals surface area (Å²) in [6.07, 6.45) is 11.9. The van der Waals surface area contributed by atoms with Crippen LogP contribution in [0.25, 0.3) is 10.9 Å². The highest BCUT2D eigenvalue weighted by Gasteiger charge is 2.35. The van der Waals surface area contributed by atoms with Crippen LogP contribution in [0.1, 0.15) is 24.8 Å². The van der Waals surface area contributed by atoms with Crippen molar-refractivity contribution in [1.82, 2.24) is 10.3 Å². The molecule has 110 valence electrons. The van der Waals surface area contributed by atoms with Crippen molar-refractivity contribution in [2.24, 2.45) is 5.92 Å². The Morgan fingerprint density at radius 2 is 2.33 bits per heavy atom. The Labute approximate surface area is 125 Å². The van der Waals surface area contributed by atoms with Crippen LogP contribution in [0.15, 0.2) is 36.5 Å². The molecule has 1 saturated heterocycles. The van der Waals surface area contributed by atoms with Gasteiger partial charge in [0.1, 0.15) is 5.75 Å². The summed E-state index contributed by atoms with van der Waals surface area (Å²) in [5, 5.41) is 5.03. The van der Waals surface area contributed by atoms with E-state index >= 15 is 0 Å². The Morgan fingerprint density at radius 1 is 1.38 bits per heavy atom. The van der Waals surface area contributed by atoms with E-state index in [9.17, 15) is 0 Å². The van der Waals surface area contributed by atoms with E-state index in [4.69, 9.17) is 4.74 Å². The number of benzene rings is 1. The number of hydrogen-bond acceptors (Lipinski definition) is 2. The van der Waals surface area contributed by atoms with Crippen molar-refractivity contribution in [1.29, 1.82) is 0 Å². The third kappa shape index (κ3) is 2.26. The number of aromatic nitrogens is 1. The zero-order valence-corrected chi connectivity index (χ0v) is 12.5. The van der Waals surface area contributed by atoms with E-state index in [0.29, 0.717) is 0 Å². The fourth-order valence-corrected chi connectivity index (χ4v) is 3.74. The molecule has 3 aliphatic rings. The van der Waals surface area contributed by atoms with Crippen molar-refractivity contribution in [2.75, 3.05) is 13.7 Å². The molecule has 2 aromatic rings. The van der Waals surface area contributed by atoms with Crippen LogP contribution in [0.3, 0.4) is 0 Å². The van der Waals surface area contributed by atoms with E-state index in [1.54, 1.807) is 7.11 Å². The molecule has 0 spiro atoms. The lowest BCUT2D eigenvalue weighted by Gasteiger charge is -2.43. The van der Waals surface area contributed by atoms with E-state index in [1.165, 1.54) is 35.7 Å². The molecular weight excluding hydrogens is 260 g/mol. The number of ether oxygens (including phenoxy) is 1. The molecule has 21 heavy (non-hydrogen) atoms. The maximum atomic E-state index is 5.35. The standard InChI is InChI=1S/C18H22N2O/c1-21-15-2-3-17-16(10-15)14(12-19-17)6-9-18-7-4-13(5-8-18)11-20-18/h2-4,7,10,12-13,19-20H,5-6,8-9,11H2,1H3. The number of hydrogen-bond donors (Lipinski definition) is 2. The normalized spacial score (nSPS) is 27.4. The van der Waals surface area contributed by atoms with E-state index in [2.05, 4.69) is 40.8 Å². The van der Waals surface area contributed by atoms with Gasteiger partial charge in [0, 0.05) is 29.2 Å². The molecule has 1 aliphatic carbocycles. The average molecular weight is 282 g/mol. The second kappa shape index (κ2) is 4.92. The fourth-order valence-electron chi connectivity index (χ4n) is 3.74. The van der Waals surface area contributed by atoms with Gasteiger partial charge in [0.2, 0.25) is 0 Å². The first-order valence-corrected chi connectivity index (χ1v) is 7.86. The number of nitrogens with one attached hydrogen (secondary N) is 2. The topological polar surface area (TPSA) is 37.0 Å². The lowest BCUT2D eigenvalue weighted by atomic mass is 9.75.